The Balaban J connectivity index is 1.98. The Morgan fingerprint density at radius 2 is 1.56 bits per heavy atom. The number of benzene rings is 1. The predicted octanol–water partition coefficient (Wildman–Crippen LogP) is 6.24. The van der Waals surface area contributed by atoms with Crippen molar-refractivity contribution in [2.45, 2.75) is 109 Å². The van der Waals surface area contributed by atoms with Crippen LogP contribution in [-0.2, 0) is 35.0 Å². The van der Waals surface area contributed by atoms with Crippen molar-refractivity contribution < 1.29 is 28.6 Å². The van der Waals surface area contributed by atoms with Crippen LogP contribution in [0.15, 0.2) is 30.8 Å². The lowest BCUT2D eigenvalue weighted by molar-refractivity contribution is -0.160. The molecule has 2 rings (SSSR count). The standard InChI is InChI=1S/C30H44O6/c1-5-23-12-14-24(15-13-23)16-17-27(18-22(3)31)35-30(33)21-28(19-25-10-8-7-9-11-25)36-29(32)20-26(6-2)34-4/h5,12-15,25-28H,1,6-11,16-21H2,2-4H3. The molecule has 3 unspecified atom stereocenters. The van der Waals surface area contributed by atoms with Crippen LogP contribution in [0.25, 0.3) is 6.08 Å². The lowest BCUT2D eigenvalue weighted by atomic mass is 9.85. The van der Waals surface area contributed by atoms with E-state index in [1.165, 1.54) is 26.2 Å². The highest BCUT2D eigenvalue weighted by Gasteiger charge is 2.27. The van der Waals surface area contributed by atoms with E-state index in [0.29, 0.717) is 31.6 Å². The summed E-state index contributed by atoms with van der Waals surface area (Å²) in [7, 11) is 1.58. The van der Waals surface area contributed by atoms with Crippen molar-refractivity contribution in [1.29, 1.82) is 0 Å². The molecule has 0 heterocycles. The van der Waals surface area contributed by atoms with Crippen molar-refractivity contribution in [3.05, 3.63) is 42.0 Å². The summed E-state index contributed by atoms with van der Waals surface area (Å²) in [6.45, 7) is 7.24. The maximum absolute atomic E-state index is 12.9. The molecule has 1 aliphatic rings. The van der Waals surface area contributed by atoms with Crippen molar-refractivity contribution in [1.82, 2.24) is 0 Å². The molecule has 0 aromatic heterocycles. The molecule has 6 heteroatoms. The quantitative estimate of drug-likeness (QED) is 0.250. The highest BCUT2D eigenvalue weighted by atomic mass is 16.6. The van der Waals surface area contributed by atoms with Crippen molar-refractivity contribution in [3.63, 3.8) is 0 Å². The number of aryl methyl sites for hydroxylation is 1. The Kier molecular flexibility index (Phi) is 13.5. The van der Waals surface area contributed by atoms with Gasteiger partial charge in [-0.05, 0) is 49.7 Å². The van der Waals surface area contributed by atoms with Crippen LogP contribution < -0.4 is 0 Å². The molecule has 0 N–H and O–H groups in total. The van der Waals surface area contributed by atoms with E-state index in [1.807, 2.05) is 31.2 Å². The summed E-state index contributed by atoms with van der Waals surface area (Å²) in [6, 6.07) is 8.02. The highest BCUT2D eigenvalue weighted by molar-refractivity contribution is 5.77. The molecule has 0 saturated heterocycles. The van der Waals surface area contributed by atoms with Gasteiger partial charge in [-0.3, -0.25) is 14.4 Å². The zero-order chi connectivity index (χ0) is 26.3. The van der Waals surface area contributed by atoms with Gasteiger partial charge in [-0.25, -0.2) is 0 Å². The van der Waals surface area contributed by atoms with Crippen LogP contribution in [0.4, 0.5) is 0 Å². The zero-order valence-corrected chi connectivity index (χ0v) is 22.3. The van der Waals surface area contributed by atoms with E-state index >= 15 is 0 Å². The van der Waals surface area contributed by atoms with Gasteiger partial charge in [0.2, 0.25) is 0 Å². The minimum atomic E-state index is -0.521. The van der Waals surface area contributed by atoms with E-state index in [9.17, 15) is 14.4 Å². The summed E-state index contributed by atoms with van der Waals surface area (Å²) >= 11 is 0. The van der Waals surface area contributed by atoms with Crippen molar-refractivity contribution >= 4 is 23.8 Å². The predicted molar refractivity (Wildman–Crippen MR) is 141 cm³/mol. The van der Waals surface area contributed by atoms with Gasteiger partial charge in [-0.2, -0.15) is 0 Å². The smallest absolute Gasteiger partial charge is 0.309 e. The van der Waals surface area contributed by atoms with Gasteiger partial charge >= 0.3 is 11.9 Å². The van der Waals surface area contributed by atoms with Crippen LogP contribution in [-0.4, -0.2) is 43.1 Å². The molecular weight excluding hydrogens is 456 g/mol. The number of ether oxygens (including phenoxy) is 3. The third-order valence-electron chi connectivity index (χ3n) is 6.98. The number of rotatable bonds is 16. The second kappa shape index (κ2) is 16.3. The maximum Gasteiger partial charge on any atom is 0.309 e. The average Bonchev–Trinajstić information content (AvgIpc) is 2.86. The zero-order valence-electron chi connectivity index (χ0n) is 22.3. The number of hydrogen-bond donors (Lipinski definition) is 0. The van der Waals surface area contributed by atoms with Crippen molar-refractivity contribution in [3.8, 4) is 0 Å². The fourth-order valence-electron chi connectivity index (χ4n) is 4.87. The summed E-state index contributed by atoms with van der Waals surface area (Å²) in [4.78, 5) is 37.3. The van der Waals surface area contributed by atoms with Crippen molar-refractivity contribution in [2.75, 3.05) is 7.11 Å². The third-order valence-corrected chi connectivity index (χ3v) is 6.98. The number of esters is 2. The molecule has 1 aromatic rings. The molecule has 200 valence electrons. The molecular formula is C30H44O6. The van der Waals surface area contributed by atoms with E-state index in [4.69, 9.17) is 14.2 Å². The molecule has 0 spiro atoms. The number of hydrogen-bond acceptors (Lipinski definition) is 6. The molecule has 1 saturated carbocycles. The van der Waals surface area contributed by atoms with Gasteiger partial charge in [0.1, 0.15) is 18.0 Å². The minimum absolute atomic E-state index is 0.00838. The van der Waals surface area contributed by atoms with Crippen LogP contribution in [0.2, 0.25) is 0 Å². The first-order valence-corrected chi connectivity index (χ1v) is 13.4. The Labute approximate surface area is 216 Å². The lowest BCUT2D eigenvalue weighted by Gasteiger charge is -2.27. The van der Waals surface area contributed by atoms with Gasteiger partial charge < -0.3 is 14.2 Å². The number of carbonyl (C=O) groups is 3. The molecule has 3 atom stereocenters. The van der Waals surface area contributed by atoms with Gasteiger partial charge in [0.15, 0.2) is 0 Å². The van der Waals surface area contributed by atoms with Crippen molar-refractivity contribution in [2.24, 2.45) is 5.92 Å². The normalized spacial score (nSPS) is 16.5. The number of Topliss-reactive ketones (excluding diaryl/α,β-unsaturated/α-hetero) is 1. The van der Waals surface area contributed by atoms with Crippen LogP contribution in [0.3, 0.4) is 0 Å². The largest absolute Gasteiger partial charge is 0.462 e. The lowest BCUT2D eigenvalue weighted by Crippen LogP contribution is -2.30. The Morgan fingerprint density at radius 1 is 0.944 bits per heavy atom. The summed E-state index contributed by atoms with van der Waals surface area (Å²) in [5.41, 5.74) is 2.15. The molecule has 1 fully saturated rings. The second-order valence-corrected chi connectivity index (χ2v) is 10.0. The fourth-order valence-corrected chi connectivity index (χ4v) is 4.87. The second-order valence-electron chi connectivity index (χ2n) is 10.0. The first kappa shape index (κ1) is 29.8. The molecule has 1 aliphatic carbocycles. The van der Waals surface area contributed by atoms with E-state index < -0.39 is 18.2 Å². The molecule has 0 amide bonds. The van der Waals surface area contributed by atoms with E-state index in [0.717, 1.165) is 24.0 Å². The van der Waals surface area contributed by atoms with Gasteiger partial charge in [0.05, 0.1) is 18.9 Å². The number of methoxy groups -OCH3 is 1. The first-order valence-electron chi connectivity index (χ1n) is 13.4. The van der Waals surface area contributed by atoms with Crippen LogP contribution in [0, 0.1) is 5.92 Å². The Morgan fingerprint density at radius 3 is 2.11 bits per heavy atom. The summed E-state index contributed by atoms with van der Waals surface area (Å²) in [5.74, 6) is -0.346. The van der Waals surface area contributed by atoms with E-state index in [2.05, 4.69) is 6.58 Å². The maximum atomic E-state index is 12.9. The van der Waals surface area contributed by atoms with E-state index in [1.54, 1.807) is 13.2 Å². The molecule has 0 radical (unpaired) electrons. The van der Waals surface area contributed by atoms with Gasteiger partial charge in [0.25, 0.3) is 0 Å². The summed E-state index contributed by atoms with van der Waals surface area (Å²) < 4.78 is 16.9. The minimum Gasteiger partial charge on any atom is -0.462 e. The topological polar surface area (TPSA) is 78.9 Å². The SMILES string of the molecule is C=Cc1ccc(CCC(CC(C)=O)OC(=O)CC(CC2CCCCC2)OC(=O)CC(CC)OC)cc1. The summed E-state index contributed by atoms with van der Waals surface area (Å²) in [5, 5.41) is 0. The van der Waals surface area contributed by atoms with Gasteiger partial charge in [-0.1, -0.05) is 75.9 Å². The Hall–Kier alpha value is -2.47. The molecule has 0 bridgehead atoms. The van der Waals surface area contributed by atoms with Crippen LogP contribution in [0.1, 0.15) is 95.6 Å². The molecule has 1 aromatic carbocycles. The molecule has 36 heavy (non-hydrogen) atoms. The highest BCUT2D eigenvalue weighted by Crippen LogP contribution is 2.29. The molecule has 0 aliphatic heterocycles. The number of carbonyl (C=O) groups excluding carboxylic acids is 3. The van der Waals surface area contributed by atoms with Gasteiger partial charge in [-0.15, -0.1) is 0 Å². The summed E-state index contributed by atoms with van der Waals surface area (Å²) in [6.07, 6.45) is 9.31. The third kappa shape index (κ3) is 11.5. The number of ketones is 1. The average molecular weight is 501 g/mol. The Bertz CT molecular complexity index is 820. The van der Waals surface area contributed by atoms with E-state index in [-0.39, 0.29) is 37.1 Å². The van der Waals surface area contributed by atoms with Crippen LogP contribution in [0.5, 0.6) is 0 Å². The fraction of sp³-hybridized carbons (Fsp3) is 0.633. The van der Waals surface area contributed by atoms with Crippen LogP contribution >= 0.6 is 0 Å². The monoisotopic (exact) mass is 500 g/mol. The first-order chi connectivity index (χ1) is 17.3. The van der Waals surface area contributed by atoms with Gasteiger partial charge in [0, 0.05) is 13.5 Å². The molecule has 6 nitrogen and oxygen atoms in total.